The molecule has 1 unspecified atom stereocenters. The number of hydrogen-bond donors (Lipinski definition) is 3. The number of allylic oxidation sites excluding steroid dienone is 6. The second-order valence-corrected chi connectivity index (χ2v) is 11.4. The van der Waals surface area contributed by atoms with Gasteiger partial charge in [-0.1, -0.05) is 90.1 Å². The Balaban J connectivity index is 1.62. The van der Waals surface area contributed by atoms with E-state index in [1.165, 1.54) is 11.8 Å². The van der Waals surface area contributed by atoms with Crippen molar-refractivity contribution < 1.29 is 0 Å². The maximum Gasteiger partial charge on any atom is 0.185 e. The van der Waals surface area contributed by atoms with Crippen molar-refractivity contribution >= 4 is 67.4 Å². The Kier molecular flexibility index (Phi) is 8.12. The summed E-state index contributed by atoms with van der Waals surface area (Å²) in [5.74, 6) is -0.0227. The first kappa shape index (κ1) is 26.1. The Bertz CT molecular complexity index is 1380. The molecule has 1 saturated heterocycles. The van der Waals surface area contributed by atoms with E-state index >= 15 is 0 Å². The molecule has 3 aliphatic rings. The largest absolute Gasteiger partial charge is 0.322 e. The van der Waals surface area contributed by atoms with E-state index in [0.717, 1.165) is 43.8 Å². The molecule has 2 heterocycles. The zero-order chi connectivity index (χ0) is 25.9. The summed E-state index contributed by atoms with van der Waals surface area (Å²) in [6.45, 7) is 0.645. The fraction of sp³-hybridized carbons (Fsp3) is 0.179. The van der Waals surface area contributed by atoms with Crippen LogP contribution in [0.2, 0.25) is 5.02 Å². The van der Waals surface area contributed by atoms with Gasteiger partial charge in [0.15, 0.2) is 5.11 Å². The third-order valence-corrected chi connectivity index (χ3v) is 9.06. The molecule has 9 heteroatoms. The summed E-state index contributed by atoms with van der Waals surface area (Å²) >= 11 is 17.3. The number of halogens is 2. The van der Waals surface area contributed by atoms with Gasteiger partial charge in [-0.3, -0.25) is 15.8 Å². The fourth-order valence-electron chi connectivity index (χ4n) is 4.66. The van der Waals surface area contributed by atoms with Crippen molar-refractivity contribution in [1.82, 2.24) is 15.8 Å². The number of rotatable bonds is 6. The minimum atomic E-state index is -0.225. The number of aliphatic imine (C=N–C) groups is 1. The van der Waals surface area contributed by atoms with E-state index in [-0.39, 0.29) is 12.1 Å². The van der Waals surface area contributed by atoms with Crippen LogP contribution in [0.5, 0.6) is 0 Å². The standard InChI is InChI=1S/C28H25BrClN5S2/c1-32-24(19-13-8-14-20(30)15-19)21(18-11-6-3-7-12-18)22-23(29)25(37-26(22)31)27-33-34-28(36)35(27)16-17-9-4-2-5-10-17/h2,4-15,18,27,31,33H,3,16H2,1H3,(H,34,36)/b22-21-,31-26?,32-24?. The van der Waals surface area contributed by atoms with Crippen molar-refractivity contribution in [2.45, 2.75) is 19.1 Å². The summed E-state index contributed by atoms with van der Waals surface area (Å²) < 4.78 is 0.870. The van der Waals surface area contributed by atoms with E-state index < -0.39 is 0 Å². The van der Waals surface area contributed by atoms with Crippen molar-refractivity contribution in [3.8, 4) is 0 Å². The van der Waals surface area contributed by atoms with Crippen LogP contribution in [-0.4, -0.2) is 34.0 Å². The lowest BCUT2D eigenvalue weighted by Crippen LogP contribution is -2.37. The molecule has 1 fully saturated rings. The fourth-order valence-corrected chi connectivity index (χ4v) is 7.11. The second-order valence-electron chi connectivity index (χ2n) is 8.69. The van der Waals surface area contributed by atoms with Gasteiger partial charge in [0.25, 0.3) is 0 Å². The summed E-state index contributed by atoms with van der Waals surface area (Å²) in [6, 6.07) is 18.0. The number of nitrogens with zero attached hydrogens (tertiary/aromatic N) is 2. The van der Waals surface area contributed by atoms with E-state index in [9.17, 15) is 0 Å². The highest BCUT2D eigenvalue weighted by atomic mass is 79.9. The highest BCUT2D eigenvalue weighted by Gasteiger charge is 2.39. The lowest BCUT2D eigenvalue weighted by Gasteiger charge is -2.25. The van der Waals surface area contributed by atoms with Gasteiger partial charge < -0.3 is 4.90 Å². The monoisotopic (exact) mass is 609 g/mol. The Morgan fingerprint density at radius 2 is 1.95 bits per heavy atom. The molecule has 2 aromatic carbocycles. The van der Waals surface area contributed by atoms with Gasteiger partial charge in [0.1, 0.15) is 11.2 Å². The molecule has 0 saturated carbocycles. The summed E-state index contributed by atoms with van der Waals surface area (Å²) in [5, 5.41) is 10.8. The van der Waals surface area contributed by atoms with Crippen LogP contribution in [0.3, 0.4) is 0 Å². The van der Waals surface area contributed by atoms with Crippen LogP contribution in [-0.2, 0) is 6.54 Å². The van der Waals surface area contributed by atoms with E-state index in [1.54, 1.807) is 7.05 Å². The third-order valence-electron chi connectivity index (χ3n) is 6.35. The zero-order valence-electron chi connectivity index (χ0n) is 20.0. The van der Waals surface area contributed by atoms with E-state index in [4.69, 9.17) is 34.2 Å². The normalized spacial score (nSPS) is 21.8. The van der Waals surface area contributed by atoms with Gasteiger partial charge in [-0.25, -0.2) is 5.43 Å². The molecule has 0 bridgehead atoms. The van der Waals surface area contributed by atoms with Gasteiger partial charge in [-0.15, -0.1) is 0 Å². The summed E-state index contributed by atoms with van der Waals surface area (Å²) in [4.78, 5) is 7.80. The van der Waals surface area contributed by atoms with Crippen LogP contribution in [0.4, 0.5) is 0 Å². The molecule has 0 spiro atoms. The smallest absolute Gasteiger partial charge is 0.185 e. The third kappa shape index (κ3) is 5.40. The number of thioether (sulfide) groups is 1. The molecule has 2 aromatic rings. The molecular weight excluding hydrogens is 586 g/mol. The zero-order valence-corrected chi connectivity index (χ0v) is 24.0. The Hall–Kier alpha value is -2.49. The molecule has 188 valence electrons. The number of hydrazine groups is 1. The average Bonchev–Trinajstić information content (AvgIpc) is 3.41. The van der Waals surface area contributed by atoms with Crippen LogP contribution in [0.15, 0.2) is 104 Å². The Labute approximate surface area is 240 Å². The maximum atomic E-state index is 9.09. The quantitative estimate of drug-likeness (QED) is 0.192. The van der Waals surface area contributed by atoms with Crippen LogP contribution in [0.25, 0.3) is 0 Å². The molecule has 0 aromatic heterocycles. The topological polar surface area (TPSA) is 63.5 Å². The first-order chi connectivity index (χ1) is 18.0. The average molecular weight is 611 g/mol. The number of hydrogen-bond acceptors (Lipinski definition) is 5. The first-order valence-electron chi connectivity index (χ1n) is 11.8. The van der Waals surface area contributed by atoms with Crippen molar-refractivity contribution in [1.29, 1.82) is 5.41 Å². The lowest BCUT2D eigenvalue weighted by atomic mass is 9.84. The van der Waals surface area contributed by atoms with Gasteiger partial charge in [0, 0.05) is 45.1 Å². The van der Waals surface area contributed by atoms with Gasteiger partial charge in [-0.05, 0) is 57.8 Å². The van der Waals surface area contributed by atoms with Gasteiger partial charge in [0.05, 0.1) is 5.71 Å². The van der Waals surface area contributed by atoms with Gasteiger partial charge >= 0.3 is 0 Å². The Morgan fingerprint density at radius 3 is 2.65 bits per heavy atom. The lowest BCUT2D eigenvalue weighted by molar-refractivity contribution is 0.352. The number of benzene rings is 2. The Morgan fingerprint density at radius 1 is 1.19 bits per heavy atom. The minimum absolute atomic E-state index is 0.0227. The van der Waals surface area contributed by atoms with Crippen molar-refractivity contribution in [2.75, 3.05) is 7.05 Å². The van der Waals surface area contributed by atoms with E-state index in [0.29, 0.717) is 21.7 Å². The molecule has 1 aliphatic carbocycles. The number of thiocarbonyl (C=S) groups is 1. The molecule has 2 aliphatic heterocycles. The number of nitrogens with one attached hydrogen (secondary N) is 3. The van der Waals surface area contributed by atoms with Crippen LogP contribution in [0, 0.1) is 11.3 Å². The van der Waals surface area contributed by atoms with Crippen molar-refractivity contribution in [2.24, 2.45) is 10.9 Å². The van der Waals surface area contributed by atoms with E-state index in [2.05, 4.69) is 68.1 Å². The molecular formula is C28H25BrClN5S2. The summed E-state index contributed by atoms with van der Waals surface area (Å²) in [7, 11) is 1.79. The molecule has 0 radical (unpaired) electrons. The van der Waals surface area contributed by atoms with Gasteiger partial charge in [0.2, 0.25) is 0 Å². The highest BCUT2D eigenvalue weighted by Crippen LogP contribution is 2.47. The molecule has 5 rings (SSSR count). The van der Waals surface area contributed by atoms with E-state index in [1.807, 2.05) is 42.5 Å². The molecule has 37 heavy (non-hydrogen) atoms. The minimum Gasteiger partial charge on any atom is -0.322 e. The van der Waals surface area contributed by atoms with Crippen molar-refractivity contribution in [3.63, 3.8) is 0 Å². The van der Waals surface area contributed by atoms with Crippen LogP contribution >= 0.6 is 51.5 Å². The SMILES string of the molecule is CN=C(/C(=C1\C(=N)SC(C2NNC(=S)N2Cc2ccccc2)=C1Br)C1C=CCC=C1)c1cccc(Cl)c1. The van der Waals surface area contributed by atoms with Crippen molar-refractivity contribution in [3.05, 3.63) is 116 Å². The second kappa shape index (κ2) is 11.5. The predicted octanol–water partition coefficient (Wildman–Crippen LogP) is 6.74. The molecule has 3 N–H and O–H groups in total. The summed E-state index contributed by atoms with van der Waals surface area (Å²) in [6.07, 6.45) is 9.34. The highest BCUT2D eigenvalue weighted by molar-refractivity contribution is 9.12. The molecule has 1 atom stereocenters. The summed E-state index contributed by atoms with van der Waals surface area (Å²) in [5.41, 5.74) is 11.1. The molecule has 0 amide bonds. The van der Waals surface area contributed by atoms with Crippen LogP contribution < -0.4 is 10.9 Å². The predicted molar refractivity (Wildman–Crippen MR) is 163 cm³/mol. The van der Waals surface area contributed by atoms with Gasteiger partial charge in [-0.2, -0.15) is 0 Å². The molecule has 5 nitrogen and oxygen atoms in total. The van der Waals surface area contributed by atoms with Crippen LogP contribution in [0.1, 0.15) is 17.5 Å². The first-order valence-corrected chi connectivity index (χ1v) is 14.2. The maximum absolute atomic E-state index is 9.09.